The second-order valence-electron chi connectivity index (χ2n) is 5.20. The average Bonchev–Trinajstić information content (AvgIpc) is 2.75. The number of alkyl halides is 3. The molecule has 0 saturated carbocycles. The van der Waals surface area contributed by atoms with Crippen LogP contribution in [0.25, 0.3) is 0 Å². The van der Waals surface area contributed by atoms with E-state index in [1.807, 2.05) is 20.8 Å². The van der Waals surface area contributed by atoms with E-state index < -0.39 is 12.7 Å². The summed E-state index contributed by atoms with van der Waals surface area (Å²) in [4.78, 5) is 0. The molecule has 0 fully saturated rings. The van der Waals surface area contributed by atoms with Gasteiger partial charge in [-0.05, 0) is 32.2 Å². The predicted octanol–water partition coefficient (Wildman–Crippen LogP) is 4.02. The van der Waals surface area contributed by atoms with Crippen molar-refractivity contribution in [1.29, 1.82) is 0 Å². The van der Waals surface area contributed by atoms with Gasteiger partial charge in [0.25, 0.3) is 0 Å². The maximum atomic E-state index is 12.7. The van der Waals surface area contributed by atoms with Crippen LogP contribution in [0.5, 0.6) is 0 Å². The fraction of sp³-hybridized carbons (Fsp3) is 0.800. The number of halogens is 3. The SMILES string of the molecule is CCCNC(CC)c1c(CC)nn(CC(F)(F)F)c1CC. The Kier molecular flexibility index (Phi) is 6.71. The third-order valence-electron chi connectivity index (χ3n) is 3.57. The minimum Gasteiger partial charge on any atom is -0.310 e. The summed E-state index contributed by atoms with van der Waals surface area (Å²) in [6, 6.07) is 0.0804. The highest BCUT2D eigenvalue weighted by molar-refractivity contribution is 5.30. The van der Waals surface area contributed by atoms with Gasteiger partial charge in [0.15, 0.2) is 0 Å². The van der Waals surface area contributed by atoms with E-state index in [1.165, 1.54) is 0 Å². The Morgan fingerprint density at radius 2 is 1.81 bits per heavy atom. The average molecular weight is 305 g/mol. The molecule has 6 heteroatoms. The van der Waals surface area contributed by atoms with Crippen LogP contribution in [0.2, 0.25) is 0 Å². The monoisotopic (exact) mass is 305 g/mol. The Bertz CT molecular complexity index is 438. The summed E-state index contributed by atoms with van der Waals surface area (Å²) >= 11 is 0. The van der Waals surface area contributed by atoms with Crippen molar-refractivity contribution in [2.24, 2.45) is 0 Å². The van der Waals surface area contributed by atoms with Crippen LogP contribution in [0.15, 0.2) is 0 Å². The van der Waals surface area contributed by atoms with E-state index in [9.17, 15) is 13.2 Å². The highest BCUT2D eigenvalue weighted by atomic mass is 19.4. The molecule has 1 aromatic rings. The van der Waals surface area contributed by atoms with Crippen LogP contribution >= 0.6 is 0 Å². The van der Waals surface area contributed by atoms with Crippen molar-refractivity contribution in [3.05, 3.63) is 17.0 Å². The van der Waals surface area contributed by atoms with Gasteiger partial charge in [0.05, 0.1) is 5.69 Å². The molecule has 1 aromatic heterocycles. The van der Waals surface area contributed by atoms with E-state index in [2.05, 4.69) is 17.3 Å². The van der Waals surface area contributed by atoms with Crippen molar-refractivity contribution in [2.75, 3.05) is 6.54 Å². The van der Waals surface area contributed by atoms with Gasteiger partial charge in [0.1, 0.15) is 6.54 Å². The molecule has 1 atom stereocenters. The summed E-state index contributed by atoms with van der Waals surface area (Å²) in [6.07, 6.45) is -1.19. The second-order valence-corrected chi connectivity index (χ2v) is 5.20. The Labute approximate surface area is 124 Å². The van der Waals surface area contributed by atoms with E-state index >= 15 is 0 Å². The predicted molar refractivity (Wildman–Crippen MR) is 78.4 cm³/mol. The lowest BCUT2D eigenvalue weighted by Crippen LogP contribution is -2.24. The number of aromatic nitrogens is 2. The van der Waals surface area contributed by atoms with Crippen LogP contribution in [0.4, 0.5) is 13.2 Å². The highest BCUT2D eigenvalue weighted by Crippen LogP contribution is 2.28. The Balaban J connectivity index is 3.21. The van der Waals surface area contributed by atoms with Gasteiger partial charge in [0, 0.05) is 17.3 Å². The fourth-order valence-corrected chi connectivity index (χ4v) is 2.67. The molecule has 0 spiro atoms. The highest BCUT2D eigenvalue weighted by Gasteiger charge is 2.31. The summed E-state index contributed by atoms with van der Waals surface area (Å²) in [5.41, 5.74) is 2.46. The molecular formula is C15H26F3N3. The quantitative estimate of drug-likeness (QED) is 0.786. The third-order valence-corrected chi connectivity index (χ3v) is 3.57. The maximum absolute atomic E-state index is 12.7. The van der Waals surface area contributed by atoms with Gasteiger partial charge in [-0.1, -0.05) is 27.7 Å². The van der Waals surface area contributed by atoms with Gasteiger partial charge in [-0.3, -0.25) is 4.68 Å². The first kappa shape index (κ1) is 18.0. The topological polar surface area (TPSA) is 29.9 Å². The summed E-state index contributed by atoms with van der Waals surface area (Å²) in [5, 5.41) is 7.64. The molecule has 0 radical (unpaired) electrons. The van der Waals surface area contributed by atoms with E-state index in [1.54, 1.807) is 0 Å². The number of nitrogens with one attached hydrogen (secondary N) is 1. The van der Waals surface area contributed by atoms with Gasteiger partial charge in [-0.2, -0.15) is 18.3 Å². The standard InChI is InChI=1S/C15H26F3N3/c1-5-9-19-11(6-2)14-12(7-3)20-21(13(14)8-4)10-15(16,17)18/h11,19H,5-10H2,1-4H3. The van der Waals surface area contributed by atoms with Crippen LogP contribution < -0.4 is 5.32 Å². The van der Waals surface area contributed by atoms with E-state index in [-0.39, 0.29) is 6.04 Å². The van der Waals surface area contributed by atoms with Crippen molar-refractivity contribution in [3.63, 3.8) is 0 Å². The molecular weight excluding hydrogens is 279 g/mol. The second kappa shape index (κ2) is 7.82. The van der Waals surface area contributed by atoms with Crippen LogP contribution in [-0.2, 0) is 19.4 Å². The Morgan fingerprint density at radius 3 is 2.24 bits per heavy atom. The molecule has 0 aliphatic heterocycles. The molecule has 3 nitrogen and oxygen atoms in total. The molecule has 122 valence electrons. The van der Waals surface area contributed by atoms with Crippen molar-refractivity contribution >= 4 is 0 Å². The van der Waals surface area contributed by atoms with Crippen LogP contribution in [0, 0.1) is 0 Å². The summed E-state index contributed by atoms with van der Waals surface area (Å²) in [7, 11) is 0. The van der Waals surface area contributed by atoms with Gasteiger partial charge < -0.3 is 5.32 Å². The molecule has 1 unspecified atom stereocenters. The first-order valence-electron chi connectivity index (χ1n) is 7.76. The lowest BCUT2D eigenvalue weighted by molar-refractivity contribution is -0.143. The molecule has 0 bridgehead atoms. The molecule has 0 aliphatic rings. The normalized spacial score (nSPS) is 13.7. The minimum absolute atomic E-state index is 0.0804. The summed E-state index contributed by atoms with van der Waals surface area (Å²) in [6.45, 7) is 7.80. The largest absolute Gasteiger partial charge is 0.408 e. The van der Waals surface area contributed by atoms with Gasteiger partial charge in [-0.25, -0.2) is 0 Å². The van der Waals surface area contributed by atoms with E-state index in [0.717, 1.165) is 35.3 Å². The molecule has 0 saturated heterocycles. The molecule has 0 aliphatic carbocycles. The zero-order chi connectivity index (χ0) is 16.0. The zero-order valence-corrected chi connectivity index (χ0v) is 13.3. The van der Waals surface area contributed by atoms with E-state index in [4.69, 9.17) is 0 Å². The smallest absolute Gasteiger partial charge is 0.310 e. The maximum Gasteiger partial charge on any atom is 0.408 e. The zero-order valence-electron chi connectivity index (χ0n) is 13.3. The number of aryl methyl sites for hydroxylation is 1. The lowest BCUT2D eigenvalue weighted by atomic mass is 9.99. The van der Waals surface area contributed by atoms with E-state index in [0.29, 0.717) is 18.5 Å². The number of hydrogen-bond donors (Lipinski definition) is 1. The van der Waals surface area contributed by atoms with Crippen molar-refractivity contribution in [3.8, 4) is 0 Å². The van der Waals surface area contributed by atoms with Crippen LogP contribution in [0.1, 0.15) is 63.5 Å². The molecule has 0 aromatic carbocycles. The Hall–Kier alpha value is -1.04. The molecule has 1 heterocycles. The van der Waals surface area contributed by atoms with Gasteiger partial charge >= 0.3 is 6.18 Å². The number of nitrogens with zero attached hydrogens (tertiary/aromatic N) is 2. The molecule has 0 amide bonds. The van der Waals surface area contributed by atoms with Crippen LogP contribution in [-0.4, -0.2) is 22.5 Å². The lowest BCUT2D eigenvalue weighted by Gasteiger charge is -2.19. The first-order chi connectivity index (χ1) is 9.87. The van der Waals surface area contributed by atoms with Crippen molar-refractivity contribution in [1.82, 2.24) is 15.1 Å². The number of hydrogen-bond acceptors (Lipinski definition) is 2. The van der Waals surface area contributed by atoms with Gasteiger partial charge in [0.2, 0.25) is 0 Å². The molecule has 1 rings (SSSR count). The third kappa shape index (κ3) is 4.73. The van der Waals surface area contributed by atoms with Crippen molar-refractivity contribution < 1.29 is 13.2 Å². The minimum atomic E-state index is -4.24. The van der Waals surface area contributed by atoms with Crippen LogP contribution in [0.3, 0.4) is 0 Å². The Morgan fingerprint density at radius 1 is 1.14 bits per heavy atom. The summed E-state index contributed by atoms with van der Waals surface area (Å²) in [5.74, 6) is 0. The van der Waals surface area contributed by atoms with Crippen molar-refractivity contribution in [2.45, 2.75) is 72.1 Å². The molecule has 21 heavy (non-hydrogen) atoms. The van der Waals surface area contributed by atoms with Gasteiger partial charge in [-0.15, -0.1) is 0 Å². The fourth-order valence-electron chi connectivity index (χ4n) is 2.67. The number of rotatable bonds is 8. The first-order valence-corrected chi connectivity index (χ1v) is 7.76. The molecule has 1 N–H and O–H groups in total. The summed E-state index contributed by atoms with van der Waals surface area (Å²) < 4.78 is 39.3.